The van der Waals surface area contributed by atoms with Crippen molar-refractivity contribution in [1.82, 2.24) is 19.7 Å². The molecule has 128 valence electrons. The van der Waals surface area contributed by atoms with Crippen LogP contribution in [0.1, 0.15) is 61.3 Å². The molecule has 2 aliphatic carbocycles. The first-order chi connectivity index (χ1) is 11.7. The molecule has 1 saturated carbocycles. The average molecular weight is 326 g/mol. The van der Waals surface area contributed by atoms with Crippen molar-refractivity contribution in [1.29, 1.82) is 0 Å². The second kappa shape index (κ2) is 5.45. The minimum atomic E-state index is 0.105. The summed E-state index contributed by atoms with van der Waals surface area (Å²) in [5.41, 5.74) is 4.58. The highest BCUT2D eigenvalue weighted by Gasteiger charge is 2.37. The molecule has 1 saturated heterocycles. The van der Waals surface area contributed by atoms with Gasteiger partial charge in [0, 0.05) is 43.0 Å². The Kier molecular flexibility index (Phi) is 3.34. The SMILES string of the molecule is Cn1nc(C2CN(C3CCCC3)C2)c2c3c(c(=O)[nH]c21)CCCC3. The molecule has 0 radical (unpaired) electrons. The summed E-state index contributed by atoms with van der Waals surface area (Å²) in [6.07, 6.45) is 9.83. The van der Waals surface area contributed by atoms with E-state index in [9.17, 15) is 4.79 Å². The first-order valence-corrected chi connectivity index (χ1v) is 9.57. The van der Waals surface area contributed by atoms with Gasteiger partial charge in [-0.15, -0.1) is 0 Å². The van der Waals surface area contributed by atoms with Gasteiger partial charge in [-0.2, -0.15) is 5.10 Å². The Morgan fingerprint density at radius 1 is 1.04 bits per heavy atom. The fourth-order valence-electron chi connectivity index (χ4n) is 5.14. The van der Waals surface area contributed by atoms with Gasteiger partial charge in [-0.3, -0.25) is 14.4 Å². The maximum absolute atomic E-state index is 12.4. The zero-order valence-corrected chi connectivity index (χ0v) is 14.5. The quantitative estimate of drug-likeness (QED) is 0.922. The monoisotopic (exact) mass is 326 g/mol. The summed E-state index contributed by atoms with van der Waals surface area (Å²) in [5, 5.41) is 6.11. The van der Waals surface area contributed by atoms with E-state index in [0.29, 0.717) is 5.92 Å². The number of aryl methyl sites for hydroxylation is 2. The van der Waals surface area contributed by atoms with Gasteiger partial charge in [0.25, 0.3) is 5.56 Å². The van der Waals surface area contributed by atoms with Crippen molar-refractivity contribution >= 4 is 11.0 Å². The van der Waals surface area contributed by atoms with Crippen molar-refractivity contribution in [3.05, 3.63) is 27.2 Å². The van der Waals surface area contributed by atoms with E-state index in [1.54, 1.807) is 0 Å². The third kappa shape index (κ3) is 2.10. The first-order valence-electron chi connectivity index (χ1n) is 9.57. The molecule has 0 spiro atoms. The topological polar surface area (TPSA) is 53.9 Å². The van der Waals surface area contributed by atoms with Crippen molar-refractivity contribution in [3.63, 3.8) is 0 Å². The lowest BCUT2D eigenvalue weighted by molar-refractivity contribution is 0.0927. The highest BCUT2D eigenvalue weighted by molar-refractivity contribution is 5.84. The van der Waals surface area contributed by atoms with Gasteiger partial charge >= 0.3 is 0 Å². The van der Waals surface area contributed by atoms with Gasteiger partial charge in [0.1, 0.15) is 5.65 Å². The molecule has 5 rings (SSSR count). The molecule has 1 N–H and O–H groups in total. The number of rotatable bonds is 2. The minimum absolute atomic E-state index is 0.105. The van der Waals surface area contributed by atoms with Crippen LogP contribution in [-0.2, 0) is 19.9 Å². The number of nitrogens with one attached hydrogen (secondary N) is 1. The maximum Gasteiger partial charge on any atom is 0.253 e. The summed E-state index contributed by atoms with van der Waals surface area (Å²) in [7, 11) is 1.96. The molecule has 2 aromatic heterocycles. The maximum atomic E-state index is 12.4. The van der Waals surface area contributed by atoms with E-state index >= 15 is 0 Å². The number of hydrogen-bond donors (Lipinski definition) is 1. The second-order valence-electron chi connectivity index (χ2n) is 7.94. The third-order valence-corrected chi connectivity index (χ3v) is 6.49. The van der Waals surface area contributed by atoms with E-state index in [1.165, 1.54) is 48.7 Å². The van der Waals surface area contributed by atoms with Gasteiger partial charge in [0.15, 0.2) is 0 Å². The normalized spacial score (nSPS) is 22.9. The van der Waals surface area contributed by atoms with Gasteiger partial charge in [0.05, 0.1) is 5.69 Å². The van der Waals surface area contributed by atoms with Crippen molar-refractivity contribution in [2.75, 3.05) is 13.1 Å². The van der Waals surface area contributed by atoms with Crippen LogP contribution in [0.15, 0.2) is 4.79 Å². The van der Waals surface area contributed by atoms with Gasteiger partial charge in [0.2, 0.25) is 0 Å². The van der Waals surface area contributed by atoms with Crippen LogP contribution >= 0.6 is 0 Å². The molecule has 0 atom stereocenters. The summed E-state index contributed by atoms with van der Waals surface area (Å²) in [4.78, 5) is 18.2. The standard InChI is InChI=1S/C19H26N4O/c1-22-18-16(14-8-4-5-9-15(14)19(24)20-18)17(21-22)12-10-23(11-12)13-6-2-3-7-13/h12-13H,2-11H2,1H3,(H,20,24). The fraction of sp³-hybridized carbons (Fsp3) is 0.684. The van der Waals surface area contributed by atoms with E-state index in [1.807, 2.05) is 11.7 Å². The molecule has 2 fully saturated rings. The van der Waals surface area contributed by atoms with Crippen LogP contribution < -0.4 is 5.56 Å². The van der Waals surface area contributed by atoms with Gasteiger partial charge in [-0.25, -0.2) is 0 Å². The van der Waals surface area contributed by atoms with E-state index in [4.69, 9.17) is 5.10 Å². The van der Waals surface area contributed by atoms with E-state index in [2.05, 4.69) is 9.88 Å². The van der Waals surface area contributed by atoms with Gasteiger partial charge in [-0.05, 0) is 44.1 Å². The number of aromatic nitrogens is 3. The predicted octanol–water partition coefficient (Wildman–Crippen LogP) is 2.48. The molecule has 3 aliphatic rings. The van der Waals surface area contributed by atoms with Crippen LogP contribution in [0.2, 0.25) is 0 Å². The summed E-state index contributed by atoms with van der Waals surface area (Å²) >= 11 is 0. The Morgan fingerprint density at radius 2 is 1.75 bits per heavy atom. The summed E-state index contributed by atoms with van der Waals surface area (Å²) in [5.74, 6) is 0.534. The van der Waals surface area contributed by atoms with E-state index in [-0.39, 0.29) is 5.56 Å². The molecule has 0 bridgehead atoms. The molecule has 0 amide bonds. The molecular weight excluding hydrogens is 300 g/mol. The zero-order chi connectivity index (χ0) is 16.3. The van der Waals surface area contributed by atoms with Crippen LogP contribution in [0.4, 0.5) is 0 Å². The highest BCUT2D eigenvalue weighted by atomic mass is 16.1. The van der Waals surface area contributed by atoms with Crippen molar-refractivity contribution in [3.8, 4) is 0 Å². The lowest BCUT2D eigenvalue weighted by Crippen LogP contribution is -2.50. The summed E-state index contributed by atoms with van der Waals surface area (Å²) < 4.78 is 1.89. The molecule has 5 heteroatoms. The zero-order valence-electron chi connectivity index (χ0n) is 14.5. The van der Waals surface area contributed by atoms with Crippen LogP contribution in [0.25, 0.3) is 11.0 Å². The average Bonchev–Trinajstić information content (AvgIpc) is 3.16. The van der Waals surface area contributed by atoms with Crippen LogP contribution in [0, 0.1) is 0 Å². The molecule has 3 heterocycles. The largest absolute Gasteiger partial charge is 0.307 e. The van der Waals surface area contributed by atoms with Gasteiger partial charge < -0.3 is 4.98 Å². The molecule has 2 aromatic rings. The number of fused-ring (bicyclic) bond motifs is 3. The minimum Gasteiger partial charge on any atom is -0.307 e. The molecule has 1 aliphatic heterocycles. The lowest BCUT2D eigenvalue weighted by Gasteiger charge is -2.42. The van der Waals surface area contributed by atoms with Crippen LogP contribution in [0.3, 0.4) is 0 Å². The Morgan fingerprint density at radius 3 is 2.50 bits per heavy atom. The predicted molar refractivity (Wildman–Crippen MR) is 94.5 cm³/mol. The van der Waals surface area contributed by atoms with Gasteiger partial charge in [-0.1, -0.05) is 12.8 Å². The summed E-state index contributed by atoms with van der Waals surface area (Å²) in [6.45, 7) is 2.29. The fourth-order valence-corrected chi connectivity index (χ4v) is 5.14. The summed E-state index contributed by atoms with van der Waals surface area (Å²) in [6, 6.07) is 0.810. The first kappa shape index (κ1) is 14.7. The number of H-pyrrole nitrogens is 1. The Hall–Kier alpha value is -1.62. The number of hydrogen-bond acceptors (Lipinski definition) is 3. The van der Waals surface area contributed by atoms with Crippen LogP contribution in [0.5, 0.6) is 0 Å². The van der Waals surface area contributed by atoms with Crippen molar-refractivity contribution < 1.29 is 0 Å². The van der Waals surface area contributed by atoms with Crippen molar-refractivity contribution in [2.45, 2.75) is 63.3 Å². The van der Waals surface area contributed by atoms with Crippen molar-refractivity contribution in [2.24, 2.45) is 7.05 Å². The Bertz CT molecular complexity index is 837. The number of pyridine rings is 1. The molecule has 0 aromatic carbocycles. The lowest BCUT2D eigenvalue weighted by atomic mass is 9.86. The number of nitrogens with zero attached hydrogens (tertiary/aromatic N) is 3. The molecule has 0 unspecified atom stereocenters. The number of likely N-dealkylation sites (tertiary alicyclic amines) is 1. The highest BCUT2D eigenvalue weighted by Crippen LogP contribution is 2.38. The molecule has 5 nitrogen and oxygen atoms in total. The molecule has 24 heavy (non-hydrogen) atoms. The van der Waals surface area contributed by atoms with Crippen LogP contribution in [-0.4, -0.2) is 38.8 Å². The smallest absolute Gasteiger partial charge is 0.253 e. The Balaban J connectivity index is 1.54. The number of aromatic amines is 1. The third-order valence-electron chi connectivity index (χ3n) is 6.49. The molecular formula is C19H26N4O. The Labute approximate surface area is 142 Å². The second-order valence-corrected chi connectivity index (χ2v) is 7.94. The van der Waals surface area contributed by atoms with E-state index in [0.717, 1.165) is 49.6 Å². The van der Waals surface area contributed by atoms with E-state index < -0.39 is 0 Å².